The number of alkyl halides is 3. The molecule has 0 heterocycles. The Hall–Kier alpha value is -0.550. The van der Waals surface area contributed by atoms with Gasteiger partial charge in [0.05, 0.1) is 5.56 Å². The molecule has 0 amide bonds. The summed E-state index contributed by atoms with van der Waals surface area (Å²) >= 11 is 3.36. The minimum Gasteiger partial charge on any atom is -0.313 e. The van der Waals surface area contributed by atoms with E-state index in [0.29, 0.717) is 16.0 Å². The molecule has 0 bridgehead atoms. The average Bonchev–Trinajstić information content (AvgIpc) is 2.35. The highest BCUT2D eigenvalue weighted by Crippen LogP contribution is 2.35. The summed E-state index contributed by atoms with van der Waals surface area (Å²) in [5, 5.41) is 3.13. The lowest BCUT2D eigenvalue weighted by molar-refractivity contribution is -0.137. The quantitative estimate of drug-likeness (QED) is 0.707. The lowest BCUT2D eigenvalue weighted by Gasteiger charge is -2.23. The average molecular weight is 352 g/mol. The number of halogens is 4. The van der Waals surface area contributed by atoms with E-state index in [-0.39, 0.29) is 6.04 Å². The Morgan fingerprint density at radius 1 is 1.30 bits per heavy atom. The first kappa shape index (κ1) is 17.5. The molecule has 0 saturated heterocycles. The molecule has 0 aromatic heterocycles. The van der Waals surface area contributed by atoms with Crippen LogP contribution in [0.1, 0.15) is 50.3 Å². The van der Waals surface area contributed by atoms with Gasteiger partial charge in [-0.1, -0.05) is 42.6 Å². The summed E-state index contributed by atoms with van der Waals surface area (Å²) in [5.74, 6) is 0.471. The first-order valence-corrected chi connectivity index (χ1v) is 7.62. The molecule has 0 aliphatic heterocycles. The van der Waals surface area contributed by atoms with E-state index in [1.54, 1.807) is 7.05 Å². The van der Waals surface area contributed by atoms with Crippen molar-refractivity contribution in [3.63, 3.8) is 0 Å². The fourth-order valence-electron chi connectivity index (χ4n) is 2.40. The minimum absolute atomic E-state index is 0.0757. The van der Waals surface area contributed by atoms with E-state index < -0.39 is 11.7 Å². The molecule has 1 nitrogen and oxygen atoms in total. The molecule has 1 N–H and O–H groups in total. The highest BCUT2D eigenvalue weighted by atomic mass is 79.9. The smallest absolute Gasteiger partial charge is 0.313 e. The van der Waals surface area contributed by atoms with E-state index in [9.17, 15) is 13.2 Å². The lowest BCUT2D eigenvalue weighted by Crippen LogP contribution is -2.20. The van der Waals surface area contributed by atoms with Crippen molar-refractivity contribution in [2.45, 2.75) is 45.3 Å². The summed E-state index contributed by atoms with van der Waals surface area (Å²) in [6.45, 7) is 4.25. The van der Waals surface area contributed by atoms with Crippen LogP contribution in [0.4, 0.5) is 13.2 Å². The van der Waals surface area contributed by atoms with Crippen LogP contribution < -0.4 is 5.32 Å². The van der Waals surface area contributed by atoms with Crippen molar-refractivity contribution in [3.05, 3.63) is 33.8 Å². The molecule has 5 heteroatoms. The van der Waals surface area contributed by atoms with Crippen molar-refractivity contribution in [3.8, 4) is 0 Å². The number of nitrogens with one attached hydrogen (secondary N) is 1. The molecule has 0 saturated carbocycles. The molecule has 20 heavy (non-hydrogen) atoms. The highest BCUT2D eigenvalue weighted by molar-refractivity contribution is 9.10. The van der Waals surface area contributed by atoms with E-state index >= 15 is 0 Å². The monoisotopic (exact) mass is 351 g/mol. The number of benzene rings is 1. The molecular weight excluding hydrogens is 331 g/mol. The van der Waals surface area contributed by atoms with E-state index in [1.165, 1.54) is 12.1 Å². The maximum atomic E-state index is 12.8. The van der Waals surface area contributed by atoms with E-state index in [4.69, 9.17) is 0 Å². The van der Waals surface area contributed by atoms with Gasteiger partial charge in [-0.25, -0.2) is 0 Å². The van der Waals surface area contributed by atoms with Gasteiger partial charge in [0.2, 0.25) is 0 Å². The SMILES string of the molecule is CCCC(C)CC(NC)c1cc(C(F)(F)F)ccc1Br. The zero-order chi connectivity index (χ0) is 15.3. The highest BCUT2D eigenvalue weighted by Gasteiger charge is 2.31. The Labute approximate surface area is 127 Å². The van der Waals surface area contributed by atoms with Gasteiger partial charge >= 0.3 is 6.18 Å². The summed E-state index contributed by atoms with van der Waals surface area (Å²) in [6, 6.07) is 3.75. The Balaban J connectivity index is 3.02. The molecule has 2 atom stereocenters. The van der Waals surface area contributed by atoms with Gasteiger partial charge in [0.15, 0.2) is 0 Å². The zero-order valence-corrected chi connectivity index (χ0v) is 13.6. The summed E-state index contributed by atoms with van der Waals surface area (Å²) in [6.07, 6.45) is -1.32. The van der Waals surface area contributed by atoms with E-state index in [1.807, 2.05) is 0 Å². The third-order valence-electron chi connectivity index (χ3n) is 3.47. The molecule has 114 valence electrons. The summed E-state index contributed by atoms with van der Waals surface area (Å²) in [4.78, 5) is 0. The Kier molecular flexibility index (Phi) is 6.52. The molecular formula is C15H21BrF3N. The lowest BCUT2D eigenvalue weighted by atomic mass is 9.92. The molecule has 1 rings (SSSR count). The standard InChI is InChI=1S/C15H21BrF3N/c1-4-5-10(2)8-14(20-3)12-9-11(15(17,18)19)6-7-13(12)16/h6-7,9-10,14,20H,4-5,8H2,1-3H3. The van der Waals surface area contributed by atoms with Crippen molar-refractivity contribution in [1.82, 2.24) is 5.32 Å². The Morgan fingerprint density at radius 2 is 1.95 bits per heavy atom. The minimum atomic E-state index is -4.30. The van der Waals surface area contributed by atoms with Crippen molar-refractivity contribution in [1.29, 1.82) is 0 Å². The van der Waals surface area contributed by atoms with E-state index in [2.05, 4.69) is 35.1 Å². The summed E-state index contributed by atoms with van der Waals surface area (Å²) in [7, 11) is 1.79. The Bertz CT molecular complexity index is 432. The molecule has 0 fully saturated rings. The van der Waals surface area contributed by atoms with Crippen LogP contribution in [-0.4, -0.2) is 7.05 Å². The fraction of sp³-hybridized carbons (Fsp3) is 0.600. The topological polar surface area (TPSA) is 12.0 Å². The fourth-order valence-corrected chi connectivity index (χ4v) is 2.92. The van der Waals surface area contributed by atoms with Gasteiger partial charge in [-0.3, -0.25) is 0 Å². The van der Waals surface area contributed by atoms with Crippen LogP contribution in [0.25, 0.3) is 0 Å². The predicted molar refractivity (Wildman–Crippen MR) is 79.6 cm³/mol. The second kappa shape index (κ2) is 7.46. The van der Waals surface area contributed by atoms with Gasteiger partial charge < -0.3 is 5.32 Å². The van der Waals surface area contributed by atoms with E-state index in [0.717, 1.165) is 25.3 Å². The second-order valence-corrected chi connectivity index (χ2v) is 6.06. The molecule has 0 radical (unpaired) electrons. The van der Waals surface area contributed by atoms with Gasteiger partial charge in [0.1, 0.15) is 0 Å². The van der Waals surface area contributed by atoms with Crippen molar-refractivity contribution < 1.29 is 13.2 Å². The van der Waals surface area contributed by atoms with Gasteiger partial charge in [-0.15, -0.1) is 0 Å². The van der Waals surface area contributed by atoms with Crippen LogP contribution in [0, 0.1) is 5.92 Å². The molecule has 0 aliphatic carbocycles. The molecule has 0 spiro atoms. The molecule has 1 aromatic carbocycles. The van der Waals surface area contributed by atoms with Crippen LogP contribution >= 0.6 is 15.9 Å². The second-order valence-electron chi connectivity index (χ2n) is 5.20. The number of hydrogen-bond donors (Lipinski definition) is 1. The third-order valence-corrected chi connectivity index (χ3v) is 4.19. The number of rotatable bonds is 6. The molecule has 0 aliphatic rings. The van der Waals surface area contributed by atoms with Crippen LogP contribution in [0.15, 0.2) is 22.7 Å². The Morgan fingerprint density at radius 3 is 2.45 bits per heavy atom. The maximum absolute atomic E-state index is 12.8. The predicted octanol–water partition coefficient (Wildman–Crippen LogP) is 5.55. The van der Waals surface area contributed by atoms with Gasteiger partial charge in [0, 0.05) is 10.5 Å². The van der Waals surface area contributed by atoms with Crippen LogP contribution in [-0.2, 0) is 6.18 Å². The summed E-state index contributed by atoms with van der Waals surface area (Å²) in [5.41, 5.74) is 0.0735. The largest absolute Gasteiger partial charge is 0.416 e. The molecule has 1 aromatic rings. The first-order chi connectivity index (χ1) is 9.29. The third kappa shape index (κ3) is 4.77. The summed E-state index contributed by atoms with van der Waals surface area (Å²) < 4.78 is 39.2. The van der Waals surface area contributed by atoms with Gasteiger partial charge in [-0.05, 0) is 43.1 Å². The van der Waals surface area contributed by atoms with Gasteiger partial charge in [-0.2, -0.15) is 13.2 Å². The normalized spacial score (nSPS) is 15.2. The van der Waals surface area contributed by atoms with Crippen molar-refractivity contribution in [2.24, 2.45) is 5.92 Å². The molecule has 2 unspecified atom stereocenters. The van der Waals surface area contributed by atoms with Crippen LogP contribution in [0.2, 0.25) is 0 Å². The van der Waals surface area contributed by atoms with Crippen LogP contribution in [0.5, 0.6) is 0 Å². The zero-order valence-electron chi connectivity index (χ0n) is 12.0. The van der Waals surface area contributed by atoms with Crippen molar-refractivity contribution in [2.75, 3.05) is 7.05 Å². The maximum Gasteiger partial charge on any atom is 0.416 e. The van der Waals surface area contributed by atoms with Crippen molar-refractivity contribution >= 4 is 15.9 Å². The first-order valence-electron chi connectivity index (χ1n) is 6.83. The van der Waals surface area contributed by atoms with Crippen LogP contribution in [0.3, 0.4) is 0 Å². The van der Waals surface area contributed by atoms with Gasteiger partial charge in [0.25, 0.3) is 0 Å². The number of hydrogen-bond acceptors (Lipinski definition) is 1.